The summed E-state index contributed by atoms with van der Waals surface area (Å²) >= 11 is 1.14. The summed E-state index contributed by atoms with van der Waals surface area (Å²) in [5.41, 5.74) is 0. The molecule has 3 heterocycles. The summed E-state index contributed by atoms with van der Waals surface area (Å²) in [6, 6.07) is 0. The van der Waals surface area contributed by atoms with E-state index >= 15 is 0 Å². The molecule has 1 aliphatic heterocycles. The van der Waals surface area contributed by atoms with Gasteiger partial charge in [0.05, 0.1) is 4.92 Å². The van der Waals surface area contributed by atoms with Gasteiger partial charge in [-0.1, -0.05) is 0 Å². The third-order valence-electron chi connectivity index (χ3n) is 3.58. The molecule has 1 saturated heterocycles. The first-order chi connectivity index (χ1) is 9.65. The van der Waals surface area contributed by atoms with Gasteiger partial charge in [0.15, 0.2) is 5.13 Å². The highest BCUT2D eigenvalue weighted by atomic mass is 32.1. The maximum absolute atomic E-state index is 10.7. The molecule has 7 nitrogen and oxygen atoms in total. The summed E-state index contributed by atoms with van der Waals surface area (Å²) in [5.74, 6) is 1.42. The molecule has 1 fully saturated rings. The third-order valence-corrected chi connectivity index (χ3v) is 4.59. The minimum absolute atomic E-state index is 0.0964. The second-order valence-corrected chi connectivity index (χ2v) is 5.91. The average molecular weight is 293 g/mol. The van der Waals surface area contributed by atoms with Gasteiger partial charge in [-0.3, -0.25) is 10.1 Å². The van der Waals surface area contributed by atoms with Crippen molar-refractivity contribution in [3.05, 3.63) is 34.5 Å². The lowest BCUT2D eigenvalue weighted by molar-refractivity contribution is -0.380. The lowest BCUT2D eigenvalue weighted by atomic mass is 9.97. The number of nitrogens with zero attached hydrogens (tertiary/aromatic N) is 5. The van der Waals surface area contributed by atoms with Crippen molar-refractivity contribution < 1.29 is 4.92 Å². The van der Waals surface area contributed by atoms with Crippen molar-refractivity contribution >= 4 is 21.5 Å². The zero-order valence-electron chi connectivity index (χ0n) is 11.1. The summed E-state index contributed by atoms with van der Waals surface area (Å²) in [6.07, 6.45) is 7.23. The maximum atomic E-state index is 10.7. The number of nitro groups is 1. The predicted molar refractivity (Wildman–Crippen MR) is 76.2 cm³/mol. The Morgan fingerprint density at radius 2 is 2.35 bits per heavy atom. The lowest BCUT2D eigenvalue weighted by Crippen LogP contribution is -2.35. The minimum Gasteiger partial charge on any atom is -0.347 e. The molecule has 0 aliphatic carbocycles. The molecule has 0 bridgehead atoms. The number of rotatable bonds is 3. The van der Waals surface area contributed by atoms with E-state index in [1.807, 2.05) is 24.0 Å². The predicted octanol–water partition coefficient (Wildman–Crippen LogP) is 2.17. The zero-order chi connectivity index (χ0) is 14.1. The van der Waals surface area contributed by atoms with Crippen LogP contribution in [-0.2, 0) is 7.05 Å². The number of hydrogen-bond acceptors (Lipinski definition) is 6. The quantitative estimate of drug-likeness (QED) is 0.640. The van der Waals surface area contributed by atoms with Gasteiger partial charge < -0.3 is 9.47 Å². The number of piperidine rings is 1. The van der Waals surface area contributed by atoms with E-state index in [0.717, 1.165) is 48.2 Å². The topological polar surface area (TPSA) is 77.1 Å². The highest BCUT2D eigenvalue weighted by Gasteiger charge is 2.26. The molecule has 0 radical (unpaired) electrons. The summed E-state index contributed by atoms with van der Waals surface area (Å²) in [5, 5.41) is 11.6. The van der Waals surface area contributed by atoms with Gasteiger partial charge in [-0.25, -0.2) is 9.97 Å². The van der Waals surface area contributed by atoms with E-state index in [0.29, 0.717) is 5.92 Å². The highest BCUT2D eigenvalue weighted by molar-refractivity contribution is 7.18. The van der Waals surface area contributed by atoms with Crippen LogP contribution in [0.4, 0.5) is 10.1 Å². The molecule has 20 heavy (non-hydrogen) atoms. The van der Waals surface area contributed by atoms with E-state index in [1.165, 1.54) is 6.20 Å². The molecule has 106 valence electrons. The number of aryl methyl sites for hydroxylation is 1. The lowest BCUT2D eigenvalue weighted by Gasteiger charge is -2.31. The van der Waals surface area contributed by atoms with Crippen molar-refractivity contribution in [3.8, 4) is 0 Å². The van der Waals surface area contributed by atoms with E-state index in [2.05, 4.69) is 14.9 Å². The first-order valence-electron chi connectivity index (χ1n) is 6.47. The van der Waals surface area contributed by atoms with Crippen molar-refractivity contribution in [2.45, 2.75) is 18.8 Å². The Morgan fingerprint density at radius 1 is 1.50 bits per heavy atom. The Hall–Kier alpha value is -1.96. The fourth-order valence-corrected chi connectivity index (χ4v) is 3.39. The molecule has 3 rings (SSSR count). The molecule has 0 amide bonds. The Labute approximate surface area is 120 Å². The third kappa shape index (κ3) is 2.38. The van der Waals surface area contributed by atoms with E-state index in [9.17, 15) is 10.1 Å². The normalized spacial score (nSPS) is 19.2. The van der Waals surface area contributed by atoms with Crippen LogP contribution in [0.2, 0.25) is 0 Å². The molecule has 0 N–H and O–H groups in total. The van der Waals surface area contributed by atoms with Crippen LogP contribution in [0.25, 0.3) is 0 Å². The van der Waals surface area contributed by atoms with Gasteiger partial charge in [0.2, 0.25) is 0 Å². The Bertz CT molecular complexity index is 623. The average Bonchev–Trinajstić information content (AvgIpc) is 3.07. The molecular weight excluding hydrogens is 278 g/mol. The van der Waals surface area contributed by atoms with Crippen molar-refractivity contribution in [1.82, 2.24) is 14.5 Å². The van der Waals surface area contributed by atoms with E-state index in [4.69, 9.17) is 0 Å². The fraction of sp³-hybridized carbons (Fsp3) is 0.500. The minimum atomic E-state index is -0.388. The zero-order valence-corrected chi connectivity index (χ0v) is 11.9. The van der Waals surface area contributed by atoms with Crippen molar-refractivity contribution in [2.75, 3.05) is 18.0 Å². The molecule has 0 saturated carbocycles. The molecule has 0 aromatic carbocycles. The van der Waals surface area contributed by atoms with Crippen LogP contribution in [-0.4, -0.2) is 32.5 Å². The highest BCUT2D eigenvalue weighted by Crippen LogP contribution is 2.33. The molecular formula is C12H15N5O2S. The van der Waals surface area contributed by atoms with Crippen molar-refractivity contribution in [2.24, 2.45) is 7.05 Å². The van der Waals surface area contributed by atoms with E-state index in [-0.39, 0.29) is 9.92 Å². The number of aromatic nitrogens is 3. The van der Waals surface area contributed by atoms with Gasteiger partial charge in [-0.05, 0) is 24.2 Å². The monoisotopic (exact) mass is 293 g/mol. The Balaban J connectivity index is 1.77. The summed E-state index contributed by atoms with van der Waals surface area (Å²) in [7, 11) is 2.00. The summed E-state index contributed by atoms with van der Waals surface area (Å²) in [6.45, 7) is 1.71. The smallest absolute Gasteiger partial charge is 0.345 e. The molecule has 1 aliphatic rings. The Morgan fingerprint density at radius 3 is 3.00 bits per heavy atom. The van der Waals surface area contributed by atoms with Gasteiger partial charge in [-0.15, -0.1) is 0 Å². The van der Waals surface area contributed by atoms with Gasteiger partial charge >= 0.3 is 5.00 Å². The van der Waals surface area contributed by atoms with Crippen molar-refractivity contribution in [1.29, 1.82) is 0 Å². The standard InChI is InChI=1S/C12H15N5O2S/c1-15-6-4-13-11(15)9-3-2-5-16(8-9)12-14-7-10(20-12)17(18)19/h4,6-7,9H,2-3,5,8H2,1H3. The molecule has 8 heteroatoms. The van der Waals surface area contributed by atoms with Gasteiger partial charge in [0.25, 0.3) is 0 Å². The Kier molecular flexibility index (Phi) is 3.39. The molecule has 1 atom stereocenters. The number of thiazole rings is 1. The first-order valence-corrected chi connectivity index (χ1v) is 7.29. The summed E-state index contributed by atoms with van der Waals surface area (Å²) < 4.78 is 2.04. The van der Waals surface area contributed by atoms with Crippen LogP contribution in [0.1, 0.15) is 24.6 Å². The molecule has 2 aromatic heterocycles. The van der Waals surface area contributed by atoms with Gasteiger partial charge in [0, 0.05) is 38.4 Å². The van der Waals surface area contributed by atoms with Crippen LogP contribution in [0.5, 0.6) is 0 Å². The SMILES string of the molecule is Cn1ccnc1C1CCCN(c2ncc([N+](=O)[O-])s2)C1. The number of anilines is 1. The first kappa shape index (κ1) is 13.0. The second-order valence-electron chi connectivity index (χ2n) is 4.92. The van der Waals surface area contributed by atoms with E-state index < -0.39 is 0 Å². The van der Waals surface area contributed by atoms with E-state index in [1.54, 1.807) is 0 Å². The van der Waals surface area contributed by atoms with Gasteiger partial charge in [-0.2, -0.15) is 0 Å². The molecule has 2 aromatic rings. The molecule has 1 unspecified atom stereocenters. The number of hydrogen-bond donors (Lipinski definition) is 0. The van der Waals surface area contributed by atoms with Gasteiger partial charge in [0.1, 0.15) is 12.0 Å². The van der Waals surface area contributed by atoms with Crippen LogP contribution in [0.15, 0.2) is 18.6 Å². The van der Waals surface area contributed by atoms with Crippen LogP contribution in [0, 0.1) is 10.1 Å². The van der Waals surface area contributed by atoms with Crippen LogP contribution >= 0.6 is 11.3 Å². The number of imidazole rings is 1. The second kappa shape index (κ2) is 5.20. The van der Waals surface area contributed by atoms with Crippen molar-refractivity contribution in [3.63, 3.8) is 0 Å². The maximum Gasteiger partial charge on any atom is 0.345 e. The molecule has 0 spiro atoms. The largest absolute Gasteiger partial charge is 0.347 e. The van der Waals surface area contributed by atoms with Crippen LogP contribution < -0.4 is 4.90 Å². The summed E-state index contributed by atoms with van der Waals surface area (Å²) in [4.78, 5) is 21.1. The fourth-order valence-electron chi connectivity index (χ4n) is 2.62. The van der Waals surface area contributed by atoms with Crippen LogP contribution in [0.3, 0.4) is 0 Å².